The van der Waals surface area contributed by atoms with Gasteiger partial charge < -0.3 is 16.2 Å². The standard InChI is InChI=1S/C30H25FN6O3/c1-30(19-11-6-17(7-12-19)10-15-23(38)39)24-26(32)33-28(34-27(24)35-29(30)40)25-21-4-2-3-5-22(21)37(36-25)16-18-8-13-20(31)14-9-18/h2-9,11-14H,10,15-16H2,1H3,(H,38,39)(H3,32,33,34,35,40)/t30-/m0/s1. The van der Waals surface area contributed by atoms with E-state index in [9.17, 15) is 14.0 Å². The molecule has 1 aliphatic rings. The number of hydrogen-bond donors (Lipinski definition) is 3. The molecule has 1 aliphatic heterocycles. The number of nitrogens with zero attached hydrogens (tertiary/aromatic N) is 4. The van der Waals surface area contributed by atoms with Crippen molar-refractivity contribution in [2.24, 2.45) is 0 Å². The maximum Gasteiger partial charge on any atom is 0.303 e. The minimum atomic E-state index is -1.13. The number of nitrogens with two attached hydrogens (primary N) is 1. The zero-order valence-electron chi connectivity index (χ0n) is 21.6. The van der Waals surface area contributed by atoms with Gasteiger partial charge >= 0.3 is 5.97 Å². The first-order valence-corrected chi connectivity index (χ1v) is 12.7. The second-order valence-corrected chi connectivity index (χ2v) is 9.98. The topological polar surface area (TPSA) is 136 Å². The zero-order chi connectivity index (χ0) is 28.0. The number of nitrogen functional groups attached to an aromatic ring is 1. The van der Waals surface area contributed by atoms with Crippen molar-refractivity contribution in [3.63, 3.8) is 0 Å². The van der Waals surface area contributed by atoms with Crippen molar-refractivity contribution < 1.29 is 19.1 Å². The van der Waals surface area contributed by atoms with Crippen molar-refractivity contribution in [2.45, 2.75) is 31.7 Å². The van der Waals surface area contributed by atoms with Crippen molar-refractivity contribution in [3.05, 3.63) is 101 Å². The summed E-state index contributed by atoms with van der Waals surface area (Å²) in [5.41, 5.74) is 9.65. The van der Waals surface area contributed by atoms with E-state index in [0.717, 1.165) is 22.0 Å². The lowest BCUT2D eigenvalue weighted by Gasteiger charge is -2.23. The average molecular weight is 537 g/mol. The highest BCUT2D eigenvalue weighted by atomic mass is 19.1. The molecule has 4 N–H and O–H groups in total. The van der Waals surface area contributed by atoms with Crippen LogP contribution in [-0.4, -0.2) is 36.7 Å². The molecule has 10 heteroatoms. The number of anilines is 2. The summed E-state index contributed by atoms with van der Waals surface area (Å²) >= 11 is 0. The van der Waals surface area contributed by atoms with E-state index in [0.29, 0.717) is 35.6 Å². The third-order valence-corrected chi connectivity index (χ3v) is 7.40. The number of carboxylic acids is 1. The minimum absolute atomic E-state index is 0.0256. The van der Waals surface area contributed by atoms with Crippen LogP contribution in [0.15, 0.2) is 72.8 Å². The normalized spacial score (nSPS) is 16.2. The van der Waals surface area contributed by atoms with Gasteiger partial charge in [0.15, 0.2) is 5.82 Å². The zero-order valence-corrected chi connectivity index (χ0v) is 21.6. The third-order valence-electron chi connectivity index (χ3n) is 7.40. The van der Waals surface area contributed by atoms with Gasteiger partial charge in [-0.05, 0) is 48.2 Å². The van der Waals surface area contributed by atoms with Gasteiger partial charge in [0.1, 0.15) is 28.6 Å². The molecule has 5 aromatic rings. The second-order valence-electron chi connectivity index (χ2n) is 9.98. The molecular weight excluding hydrogens is 511 g/mol. The van der Waals surface area contributed by atoms with Gasteiger partial charge in [-0.15, -0.1) is 0 Å². The van der Waals surface area contributed by atoms with Crippen molar-refractivity contribution in [1.82, 2.24) is 19.7 Å². The van der Waals surface area contributed by atoms with Crippen LogP contribution in [0.1, 0.15) is 35.6 Å². The largest absolute Gasteiger partial charge is 0.481 e. The van der Waals surface area contributed by atoms with E-state index in [1.807, 2.05) is 48.5 Å². The molecule has 0 bridgehead atoms. The molecule has 40 heavy (non-hydrogen) atoms. The number of amides is 1. The summed E-state index contributed by atoms with van der Waals surface area (Å²) < 4.78 is 15.2. The number of aromatic nitrogens is 4. The molecular formula is C30H25FN6O3. The fourth-order valence-electron chi connectivity index (χ4n) is 5.22. The van der Waals surface area contributed by atoms with E-state index in [2.05, 4.69) is 10.3 Å². The van der Waals surface area contributed by atoms with Gasteiger partial charge in [-0.2, -0.15) is 5.10 Å². The lowest BCUT2D eigenvalue weighted by molar-refractivity contribution is -0.137. The number of fused-ring (bicyclic) bond motifs is 2. The van der Waals surface area contributed by atoms with E-state index >= 15 is 0 Å². The highest BCUT2D eigenvalue weighted by Crippen LogP contribution is 2.45. The predicted molar refractivity (Wildman–Crippen MR) is 148 cm³/mol. The van der Waals surface area contributed by atoms with Gasteiger partial charge in [0.05, 0.1) is 17.6 Å². The summed E-state index contributed by atoms with van der Waals surface area (Å²) in [6.45, 7) is 2.19. The van der Waals surface area contributed by atoms with Crippen molar-refractivity contribution >= 4 is 34.4 Å². The first kappa shape index (κ1) is 25.2. The lowest BCUT2D eigenvalue weighted by atomic mass is 9.77. The second kappa shape index (κ2) is 9.57. The molecule has 0 saturated carbocycles. The van der Waals surface area contributed by atoms with Crippen molar-refractivity contribution in [2.75, 3.05) is 11.1 Å². The Kier molecular flexibility index (Phi) is 6.02. The Morgan fingerprint density at radius 1 is 1.02 bits per heavy atom. The average Bonchev–Trinajstić information content (AvgIpc) is 3.44. The molecule has 1 atom stereocenters. The number of rotatable bonds is 7. The maximum absolute atomic E-state index is 13.4. The van der Waals surface area contributed by atoms with Crippen LogP contribution in [-0.2, 0) is 28.0 Å². The van der Waals surface area contributed by atoms with E-state index in [1.165, 1.54) is 12.1 Å². The van der Waals surface area contributed by atoms with Gasteiger partial charge in [0.2, 0.25) is 5.91 Å². The third kappa shape index (κ3) is 4.23. The fourth-order valence-corrected chi connectivity index (χ4v) is 5.22. The highest BCUT2D eigenvalue weighted by molar-refractivity contribution is 6.09. The van der Waals surface area contributed by atoms with Crippen LogP contribution in [0.25, 0.3) is 22.4 Å². The molecule has 1 amide bonds. The molecule has 0 fully saturated rings. The number of aryl methyl sites for hydroxylation is 1. The number of carboxylic acid groups (broad SMARTS) is 1. The Bertz CT molecular complexity index is 1780. The molecule has 0 radical (unpaired) electrons. The molecule has 9 nitrogen and oxygen atoms in total. The number of para-hydroxylation sites is 1. The van der Waals surface area contributed by atoms with Crippen LogP contribution in [0.2, 0.25) is 0 Å². The van der Waals surface area contributed by atoms with E-state index in [-0.39, 0.29) is 29.8 Å². The number of halogens is 1. The summed E-state index contributed by atoms with van der Waals surface area (Å²) in [4.78, 5) is 33.5. The summed E-state index contributed by atoms with van der Waals surface area (Å²) in [7, 11) is 0. The number of carbonyl (C=O) groups excluding carboxylic acids is 1. The van der Waals surface area contributed by atoms with Crippen LogP contribution in [0.5, 0.6) is 0 Å². The highest BCUT2D eigenvalue weighted by Gasteiger charge is 2.47. The predicted octanol–water partition coefficient (Wildman–Crippen LogP) is 4.54. The minimum Gasteiger partial charge on any atom is -0.481 e. The summed E-state index contributed by atoms with van der Waals surface area (Å²) in [5, 5.41) is 17.4. The van der Waals surface area contributed by atoms with Crippen molar-refractivity contribution in [1.29, 1.82) is 0 Å². The SMILES string of the molecule is C[C@@]1(c2ccc(CCC(=O)O)cc2)C(=O)Nc2nc(-c3nn(Cc4ccc(F)cc4)c4ccccc34)nc(N)c21. The Morgan fingerprint density at radius 3 is 2.45 bits per heavy atom. The lowest BCUT2D eigenvalue weighted by Crippen LogP contribution is -2.33. The van der Waals surface area contributed by atoms with Crippen LogP contribution in [0, 0.1) is 5.82 Å². The number of benzene rings is 3. The van der Waals surface area contributed by atoms with Crippen molar-refractivity contribution in [3.8, 4) is 11.5 Å². The summed E-state index contributed by atoms with van der Waals surface area (Å²) in [6, 6.07) is 21.2. The van der Waals surface area contributed by atoms with E-state index in [4.69, 9.17) is 20.9 Å². The molecule has 0 aliphatic carbocycles. The maximum atomic E-state index is 13.4. The molecule has 3 heterocycles. The smallest absolute Gasteiger partial charge is 0.303 e. The Balaban J connectivity index is 1.39. The quantitative estimate of drug-likeness (QED) is 0.278. The molecule has 0 unspecified atom stereocenters. The summed E-state index contributed by atoms with van der Waals surface area (Å²) in [6.07, 6.45) is 0.420. The monoisotopic (exact) mass is 536 g/mol. The Labute approximate surface area is 228 Å². The number of aliphatic carboxylic acids is 1. The van der Waals surface area contributed by atoms with Gasteiger partial charge in [0, 0.05) is 11.8 Å². The van der Waals surface area contributed by atoms with Gasteiger partial charge in [-0.1, -0.05) is 54.6 Å². The molecule has 0 spiro atoms. The van der Waals surface area contributed by atoms with Gasteiger partial charge in [-0.3, -0.25) is 14.3 Å². The Morgan fingerprint density at radius 2 is 1.73 bits per heavy atom. The van der Waals surface area contributed by atoms with Gasteiger partial charge in [0.25, 0.3) is 0 Å². The molecule has 2 aromatic heterocycles. The first-order chi connectivity index (χ1) is 19.2. The number of carbonyl (C=O) groups is 2. The Hall–Kier alpha value is -5.12. The van der Waals surface area contributed by atoms with Crippen LogP contribution in [0.3, 0.4) is 0 Å². The van der Waals surface area contributed by atoms with Crippen LogP contribution >= 0.6 is 0 Å². The number of hydrogen-bond acceptors (Lipinski definition) is 6. The summed E-state index contributed by atoms with van der Waals surface area (Å²) in [5.74, 6) is -0.700. The van der Waals surface area contributed by atoms with Gasteiger partial charge in [-0.25, -0.2) is 14.4 Å². The molecule has 6 rings (SSSR count). The van der Waals surface area contributed by atoms with Crippen LogP contribution in [0.4, 0.5) is 16.0 Å². The van der Waals surface area contributed by atoms with E-state index < -0.39 is 11.4 Å². The van der Waals surface area contributed by atoms with Crippen LogP contribution < -0.4 is 11.1 Å². The first-order valence-electron chi connectivity index (χ1n) is 12.7. The molecule has 3 aromatic carbocycles. The molecule has 0 saturated heterocycles. The number of nitrogens with one attached hydrogen (secondary N) is 1. The molecule has 200 valence electrons. The fraction of sp³-hybridized carbons (Fsp3) is 0.167. The van der Waals surface area contributed by atoms with E-state index in [1.54, 1.807) is 23.7 Å².